The average molecular weight is 244 g/mol. The van der Waals surface area contributed by atoms with Crippen LogP contribution in [0.3, 0.4) is 0 Å². The lowest BCUT2D eigenvalue weighted by Crippen LogP contribution is -2.17. The van der Waals surface area contributed by atoms with Crippen LogP contribution < -0.4 is 0 Å². The number of ketones is 1. The van der Waals surface area contributed by atoms with E-state index in [-0.39, 0.29) is 29.7 Å². The molecule has 3 rings (SSSR count). The Hall–Kier alpha value is -1.64. The van der Waals surface area contributed by atoms with Gasteiger partial charge < -0.3 is 4.74 Å². The normalized spacial score (nSPS) is 35.1. The molecular formula is C15H16O3. The lowest BCUT2D eigenvalue weighted by Gasteiger charge is -2.17. The minimum Gasteiger partial charge on any atom is -0.458 e. The van der Waals surface area contributed by atoms with Crippen LogP contribution in [0.2, 0.25) is 0 Å². The summed E-state index contributed by atoms with van der Waals surface area (Å²) in [5.41, 5.74) is 3.65. The van der Waals surface area contributed by atoms with Crippen LogP contribution in [0.1, 0.15) is 26.7 Å². The second kappa shape index (κ2) is 3.67. The van der Waals surface area contributed by atoms with Crippen LogP contribution in [0.5, 0.6) is 0 Å². The minimum absolute atomic E-state index is 0.0594. The van der Waals surface area contributed by atoms with Crippen LogP contribution in [0.4, 0.5) is 0 Å². The maximum Gasteiger partial charge on any atom is 0.334 e. The highest BCUT2D eigenvalue weighted by Crippen LogP contribution is 2.45. The van der Waals surface area contributed by atoms with Gasteiger partial charge in [-0.3, -0.25) is 4.79 Å². The summed E-state index contributed by atoms with van der Waals surface area (Å²) in [6, 6.07) is 0. The first-order valence-corrected chi connectivity index (χ1v) is 6.31. The third-order valence-electron chi connectivity index (χ3n) is 4.40. The Morgan fingerprint density at radius 3 is 2.78 bits per heavy atom. The maximum absolute atomic E-state index is 12.0. The Labute approximate surface area is 106 Å². The van der Waals surface area contributed by atoms with Gasteiger partial charge in [-0.1, -0.05) is 17.7 Å². The third kappa shape index (κ3) is 1.43. The van der Waals surface area contributed by atoms with E-state index in [1.54, 1.807) is 6.08 Å². The number of fused-ring (bicyclic) bond motifs is 2. The van der Waals surface area contributed by atoms with Crippen molar-refractivity contribution in [1.29, 1.82) is 0 Å². The number of allylic oxidation sites excluding steroid dienone is 3. The Balaban J connectivity index is 2.03. The second-order valence-electron chi connectivity index (χ2n) is 5.51. The van der Waals surface area contributed by atoms with Gasteiger partial charge in [0.25, 0.3) is 0 Å². The van der Waals surface area contributed by atoms with Gasteiger partial charge in [0.05, 0.1) is 0 Å². The molecule has 3 heteroatoms. The number of carbonyl (C=O) groups excluding carboxylic acids is 2. The Kier molecular flexibility index (Phi) is 2.34. The molecule has 1 saturated heterocycles. The van der Waals surface area contributed by atoms with Crippen molar-refractivity contribution in [3.8, 4) is 0 Å². The molecule has 3 nitrogen and oxygen atoms in total. The topological polar surface area (TPSA) is 43.4 Å². The van der Waals surface area contributed by atoms with Crippen LogP contribution >= 0.6 is 0 Å². The quantitative estimate of drug-likeness (QED) is 0.485. The summed E-state index contributed by atoms with van der Waals surface area (Å²) >= 11 is 0. The summed E-state index contributed by atoms with van der Waals surface area (Å²) in [5, 5.41) is 0. The third-order valence-corrected chi connectivity index (χ3v) is 4.40. The average Bonchev–Trinajstić information content (AvgIpc) is 2.65. The minimum atomic E-state index is -0.271. The molecule has 3 aliphatic rings. The van der Waals surface area contributed by atoms with E-state index in [1.807, 2.05) is 13.8 Å². The van der Waals surface area contributed by atoms with E-state index in [0.717, 1.165) is 23.1 Å². The number of carbonyl (C=O) groups is 2. The predicted octanol–water partition coefficient (Wildman–Crippen LogP) is 2.34. The van der Waals surface area contributed by atoms with Gasteiger partial charge in [-0.05, 0) is 26.3 Å². The molecule has 0 saturated carbocycles. The molecule has 2 aliphatic carbocycles. The molecule has 0 aromatic heterocycles. The predicted molar refractivity (Wildman–Crippen MR) is 66.7 cm³/mol. The van der Waals surface area contributed by atoms with Crippen LogP contribution in [-0.2, 0) is 14.3 Å². The van der Waals surface area contributed by atoms with Crippen molar-refractivity contribution < 1.29 is 14.3 Å². The molecule has 0 aromatic carbocycles. The van der Waals surface area contributed by atoms with Crippen LogP contribution in [-0.4, -0.2) is 17.9 Å². The molecule has 1 heterocycles. The van der Waals surface area contributed by atoms with E-state index >= 15 is 0 Å². The van der Waals surface area contributed by atoms with Crippen molar-refractivity contribution in [2.75, 3.05) is 0 Å². The molecule has 3 atom stereocenters. The highest BCUT2D eigenvalue weighted by atomic mass is 16.6. The number of esters is 1. The van der Waals surface area contributed by atoms with Crippen molar-refractivity contribution in [2.45, 2.75) is 32.8 Å². The standard InChI is InChI=1S/C15H16O3/c1-7-4-12(16)14-8(2)5-13-11(6-10(7)14)9(3)15(17)18-13/h4,10-11,13H,3,5-6H2,1-2H3. The highest BCUT2D eigenvalue weighted by molar-refractivity contribution is 6.08. The Bertz CT molecular complexity index is 536. The van der Waals surface area contributed by atoms with Gasteiger partial charge in [0.2, 0.25) is 0 Å². The van der Waals surface area contributed by atoms with Gasteiger partial charge in [0.1, 0.15) is 6.10 Å². The number of hydrogen-bond acceptors (Lipinski definition) is 3. The largest absolute Gasteiger partial charge is 0.458 e. The molecule has 0 radical (unpaired) electrons. The van der Waals surface area contributed by atoms with Crippen LogP contribution in [0.25, 0.3) is 0 Å². The first-order valence-electron chi connectivity index (χ1n) is 6.31. The summed E-state index contributed by atoms with van der Waals surface area (Å²) < 4.78 is 5.36. The highest BCUT2D eigenvalue weighted by Gasteiger charge is 2.45. The molecule has 3 unspecified atom stereocenters. The summed E-state index contributed by atoms with van der Waals surface area (Å²) in [4.78, 5) is 23.6. The van der Waals surface area contributed by atoms with Crippen molar-refractivity contribution in [3.05, 3.63) is 34.9 Å². The molecule has 0 N–H and O–H groups in total. The van der Waals surface area contributed by atoms with Gasteiger partial charge in [-0.25, -0.2) is 4.79 Å². The molecule has 0 amide bonds. The second-order valence-corrected chi connectivity index (χ2v) is 5.51. The van der Waals surface area contributed by atoms with Crippen LogP contribution in [0, 0.1) is 11.8 Å². The van der Waals surface area contributed by atoms with Gasteiger partial charge in [-0.2, -0.15) is 0 Å². The zero-order valence-electron chi connectivity index (χ0n) is 10.7. The van der Waals surface area contributed by atoms with Crippen molar-refractivity contribution in [3.63, 3.8) is 0 Å². The van der Waals surface area contributed by atoms with E-state index in [9.17, 15) is 9.59 Å². The van der Waals surface area contributed by atoms with Gasteiger partial charge in [0, 0.05) is 29.4 Å². The van der Waals surface area contributed by atoms with Gasteiger partial charge >= 0.3 is 5.97 Å². The van der Waals surface area contributed by atoms with Crippen molar-refractivity contribution >= 4 is 11.8 Å². The van der Waals surface area contributed by atoms with Crippen molar-refractivity contribution in [1.82, 2.24) is 0 Å². The zero-order valence-corrected chi connectivity index (χ0v) is 10.7. The van der Waals surface area contributed by atoms with E-state index in [2.05, 4.69) is 6.58 Å². The molecule has 0 spiro atoms. The monoisotopic (exact) mass is 244 g/mol. The summed E-state index contributed by atoms with van der Waals surface area (Å²) in [7, 11) is 0. The van der Waals surface area contributed by atoms with E-state index in [4.69, 9.17) is 4.74 Å². The summed E-state index contributed by atoms with van der Waals surface area (Å²) in [5.74, 6) is 0.0714. The molecule has 94 valence electrons. The number of hydrogen-bond donors (Lipinski definition) is 0. The zero-order chi connectivity index (χ0) is 13.0. The molecule has 0 aromatic rings. The molecule has 18 heavy (non-hydrogen) atoms. The van der Waals surface area contributed by atoms with E-state index in [0.29, 0.717) is 12.0 Å². The number of rotatable bonds is 0. The smallest absolute Gasteiger partial charge is 0.334 e. The van der Waals surface area contributed by atoms with E-state index in [1.165, 1.54) is 0 Å². The van der Waals surface area contributed by atoms with Gasteiger partial charge in [-0.15, -0.1) is 0 Å². The van der Waals surface area contributed by atoms with Crippen LogP contribution in [0.15, 0.2) is 34.9 Å². The fraction of sp³-hybridized carbons (Fsp3) is 0.467. The van der Waals surface area contributed by atoms with E-state index < -0.39 is 0 Å². The fourth-order valence-corrected chi connectivity index (χ4v) is 3.41. The molecule has 0 bridgehead atoms. The lowest BCUT2D eigenvalue weighted by molar-refractivity contribution is -0.139. The summed E-state index contributed by atoms with van der Waals surface area (Å²) in [6.45, 7) is 7.81. The summed E-state index contributed by atoms with van der Waals surface area (Å²) in [6.07, 6.45) is 3.04. The Morgan fingerprint density at radius 2 is 2.06 bits per heavy atom. The number of ether oxygens (including phenoxy) is 1. The lowest BCUT2D eigenvalue weighted by atomic mass is 9.84. The fourth-order valence-electron chi connectivity index (χ4n) is 3.41. The first-order chi connectivity index (χ1) is 8.49. The first kappa shape index (κ1) is 11.5. The Morgan fingerprint density at radius 1 is 1.33 bits per heavy atom. The SMILES string of the molecule is C=C1C(=O)OC2CC(C)=C3C(=O)C=C(C)C3CC12. The maximum atomic E-state index is 12.0. The van der Waals surface area contributed by atoms with Crippen molar-refractivity contribution in [2.24, 2.45) is 11.8 Å². The molecular weight excluding hydrogens is 228 g/mol. The van der Waals surface area contributed by atoms with Gasteiger partial charge in [0.15, 0.2) is 5.78 Å². The molecule has 1 aliphatic heterocycles. The molecule has 1 fully saturated rings.